The van der Waals surface area contributed by atoms with Crippen LogP contribution in [0.1, 0.15) is 0 Å². The molecule has 2 rings (SSSR count). The summed E-state index contributed by atoms with van der Waals surface area (Å²) in [6.07, 6.45) is 2.44. The molecular weight excluding hydrogens is 332 g/mol. The standard InChI is InChI=1S/C9H6BrClN2O3S/c10-6-1-2-9(8(11)3-6)17(14,15)13-7-4-12-16-5-7/h1-5,13H. The van der Waals surface area contributed by atoms with E-state index in [2.05, 4.69) is 30.3 Å². The normalized spacial score (nSPS) is 11.4. The largest absolute Gasteiger partial charge is 0.362 e. The average Bonchev–Trinajstić information content (AvgIpc) is 2.68. The van der Waals surface area contributed by atoms with E-state index in [4.69, 9.17) is 11.6 Å². The van der Waals surface area contributed by atoms with Crippen LogP contribution in [0.4, 0.5) is 5.69 Å². The third-order valence-corrected chi connectivity index (χ3v) is 4.23. The Morgan fingerprint density at radius 1 is 1.41 bits per heavy atom. The molecule has 1 N–H and O–H groups in total. The summed E-state index contributed by atoms with van der Waals surface area (Å²) in [7, 11) is -3.73. The number of halogens is 2. The maximum absolute atomic E-state index is 12.0. The van der Waals surface area contributed by atoms with Crippen molar-refractivity contribution in [1.29, 1.82) is 0 Å². The molecule has 0 saturated heterocycles. The summed E-state index contributed by atoms with van der Waals surface area (Å²) in [4.78, 5) is -0.0106. The van der Waals surface area contributed by atoms with Gasteiger partial charge in [0.1, 0.15) is 16.8 Å². The van der Waals surface area contributed by atoms with E-state index in [0.717, 1.165) is 0 Å². The molecule has 0 amide bonds. The van der Waals surface area contributed by atoms with Crippen molar-refractivity contribution < 1.29 is 12.9 Å². The molecule has 1 aromatic heterocycles. The van der Waals surface area contributed by atoms with Crippen molar-refractivity contribution in [3.8, 4) is 0 Å². The van der Waals surface area contributed by atoms with Crippen LogP contribution in [0.25, 0.3) is 0 Å². The van der Waals surface area contributed by atoms with E-state index in [1.807, 2.05) is 0 Å². The van der Waals surface area contributed by atoms with E-state index in [0.29, 0.717) is 4.47 Å². The maximum atomic E-state index is 12.0. The first-order chi connectivity index (χ1) is 7.99. The highest BCUT2D eigenvalue weighted by Crippen LogP contribution is 2.26. The Labute approximate surface area is 111 Å². The molecule has 0 unspecified atom stereocenters. The number of sulfonamides is 1. The first kappa shape index (κ1) is 12.4. The van der Waals surface area contributed by atoms with Crippen LogP contribution in [0, 0.1) is 0 Å². The number of nitrogens with one attached hydrogen (secondary N) is 1. The molecule has 8 heteroatoms. The summed E-state index contributed by atoms with van der Waals surface area (Å²) in [6, 6.07) is 4.50. The molecule has 1 aromatic carbocycles. The zero-order valence-electron chi connectivity index (χ0n) is 8.22. The van der Waals surface area contributed by atoms with Crippen molar-refractivity contribution in [2.45, 2.75) is 4.90 Å². The minimum atomic E-state index is -3.73. The molecule has 0 saturated carbocycles. The van der Waals surface area contributed by atoms with Gasteiger partial charge in [-0.3, -0.25) is 4.72 Å². The van der Waals surface area contributed by atoms with Crippen LogP contribution in [0.15, 0.2) is 44.6 Å². The third-order valence-electron chi connectivity index (χ3n) is 1.87. The summed E-state index contributed by atoms with van der Waals surface area (Å²) >= 11 is 9.06. The zero-order valence-corrected chi connectivity index (χ0v) is 11.4. The van der Waals surface area contributed by atoms with Gasteiger partial charge in [-0.1, -0.05) is 32.7 Å². The second-order valence-corrected chi connectivity index (χ2v) is 6.07. The van der Waals surface area contributed by atoms with Gasteiger partial charge < -0.3 is 4.52 Å². The lowest BCUT2D eigenvalue weighted by molar-refractivity contribution is 0.420. The van der Waals surface area contributed by atoms with Crippen molar-refractivity contribution >= 4 is 43.2 Å². The quantitative estimate of drug-likeness (QED) is 0.934. The predicted molar refractivity (Wildman–Crippen MR) is 66.5 cm³/mol. The van der Waals surface area contributed by atoms with Gasteiger partial charge in [-0.05, 0) is 18.2 Å². The molecule has 1 heterocycles. The third kappa shape index (κ3) is 2.80. The molecule has 0 aliphatic heterocycles. The molecule has 0 aliphatic rings. The number of benzene rings is 1. The van der Waals surface area contributed by atoms with Gasteiger partial charge >= 0.3 is 0 Å². The van der Waals surface area contributed by atoms with Crippen molar-refractivity contribution in [1.82, 2.24) is 5.16 Å². The van der Waals surface area contributed by atoms with Gasteiger partial charge in [-0.25, -0.2) is 8.42 Å². The summed E-state index contributed by atoms with van der Waals surface area (Å²) in [6.45, 7) is 0. The fourth-order valence-electron chi connectivity index (χ4n) is 1.16. The molecule has 5 nitrogen and oxygen atoms in total. The Bertz CT molecular complexity index is 628. The molecule has 0 radical (unpaired) electrons. The van der Waals surface area contributed by atoms with E-state index < -0.39 is 10.0 Å². The second kappa shape index (κ2) is 4.67. The van der Waals surface area contributed by atoms with Crippen molar-refractivity contribution in [2.24, 2.45) is 0 Å². The lowest BCUT2D eigenvalue weighted by atomic mass is 10.4. The van der Waals surface area contributed by atoms with Gasteiger partial charge in [-0.15, -0.1) is 0 Å². The van der Waals surface area contributed by atoms with E-state index in [9.17, 15) is 8.42 Å². The van der Waals surface area contributed by atoms with Crippen molar-refractivity contribution in [3.05, 3.63) is 40.2 Å². The number of hydrogen-bond donors (Lipinski definition) is 1. The Balaban J connectivity index is 2.38. The predicted octanol–water partition coefficient (Wildman–Crippen LogP) is 2.89. The summed E-state index contributed by atoms with van der Waals surface area (Å²) in [5.41, 5.74) is 0.240. The van der Waals surface area contributed by atoms with Gasteiger partial charge in [0, 0.05) is 4.47 Å². The monoisotopic (exact) mass is 336 g/mol. The molecule has 0 fully saturated rings. The summed E-state index contributed by atoms with van der Waals surface area (Å²) < 4.78 is 31.4. The van der Waals surface area contributed by atoms with E-state index in [1.165, 1.54) is 24.6 Å². The van der Waals surface area contributed by atoms with Gasteiger partial charge in [0.05, 0.1) is 11.2 Å². The van der Waals surface area contributed by atoms with Gasteiger partial charge in [0.25, 0.3) is 10.0 Å². The molecular formula is C9H6BrClN2O3S. The molecule has 0 bridgehead atoms. The smallest absolute Gasteiger partial charge is 0.263 e. The van der Waals surface area contributed by atoms with Crippen LogP contribution in [-0.4, -0.2) is 13.6 Å². The lowest BCUT2D eigenvalue weighted by Crippen LogP contribution is -2.12. The number of rotatable bonds is 3. The first-order valence-corrected chi connectivity index (χ1v) is 7.02. The highest BCUT2D eigenvalue weighted by molar-refractivity contribution is 9.10. The van der Waals surface area contributed by atoms with Gasteiger partial charge in [0.2, 0.25) is 0 Å². The van der Waals surface area contributed by atoms with Crippen LogP contribution in [0.2, 0.25) is 5.02 Å². The van der Waals surface area contributed by atoms with Gasteiger partial charge in [0.15, 0.2) is 0 Å². The zero-order chi connectivity index (χ0) is 12.5. The minimum Gasteiger partial charge on any atom is -0.362 e. The van der Waals surface area contributed by atoms with Gasteiger partial charge in [-0.2, -0.15) is 0 Å². The highest BCUT2D eigenvalue weighted by Gasteiger charge is 2.18. The Kier molecular flexibility index (Phi) is 3.41. The van der Waals surface area contributed by atoms with E-state index in [-0.39, 0.29) is 15.6 Å². The lowest BCUT2D eigenvalue weighted by Gasteiger charge is -2.07. The second-order valence-electron chi connectivity index (χ2n) is 3.09. The molecule has 2 aromatic rings. The fourth-order valence-corrected chi connectivity index (χ4v) is 3.22. The van der Waals surface area contributed by atoms with Crippen LogP contribution in [-0.2, 0) is 10.0 Å². The highest BCUT2D eigenvalue weighted by atomic mass is 79.9. The van der Waals surface area contributed by atoms with Crippen LogP contribution >= 0.6 is 27.5 Å². The first-order valence-electron chi connectivity index (χ1n) is 4.36. The van der Waals surface area contributed by atoms with Crippen molar-refractivity contribution in [2.75, 3.05) is 4.72 Å². The van der Waals surface area contributed by atoms with Crippen LogP contribution in [0.3, 0.4) is 0 Å². The number of hydrogen-bond acceptors (Lipinski definition) is 4. The van der Waals surface area contributed by atoms with Crippen LogP contribution < -0.4 is 4.72 Å². The topological polar surface area (TPSA) is 72.2 Å². The summed E-state index contributed by atoms with van der Waals surface area (Å²) in [5, 5.41) is 3.52. The van der Waals surface area contributed by atoms with Crippen LogP contribution in [0.5, 0.6) is 0 Å². The molecule has 0 aliphatic carbocycles. The number of aromatic nitrogens is 1. The molecule has 90 valence electrons. The van der Waals surface area contributed by atoms with E-state index >= 15 is 0 Å². The Morgan fingerprint density at radius 3 is 2.76 bits per heavy atom. The molecule has 0 atom stereocenters. The fraction of sp³-hybridized carbons (Fsp3) is 0. The Morgan fingerprint density at radius 2 is 2.18 bits per heavy atom. The van der Waals surface area contributed by atoms with Crippen molar-refractivity contribution in [3.63, 3.8) is 0 Å². The summed E-state index contributed by atoms with van der Waals surface area (Å²) in [5.74, 6) is 0. The molecule has 17 heavy (non-hydrogen) atoms. The minimum absolute atomic E-state index is 0.0106. The van der Waals surface area contributed by atoms with E-state index in [1.54, 1.807) is 6.07 Å². The SMILES string of the molecule is O=S(=O)(Nc1cnoc1)c1ccc(Br)cc1Cl. The number of nitrogens with zero attached hydrogens (tertiary/aromatic N) is 1. The average molecular weight is 338 g/mol. The molecule has 0 spiro atoms. The maximum Gasteiger partial charge on any atom is 0.263 e. The number of anilines is 1. The Hall–Kier alpha value is -1.05.